The SMILES string of the molecule is O=C(C[C@@H]1NCC[C@H]1O)Cn1cnc2cc(Cc3ccccc3)c(Cl)cc2c1=O. The second-order valence-corrected chi connectivity index (χ2v) is 7.87. The number of Topliss-reactive ketones (excluding diaryl/α,β-unsaturated/α-hetero) is 1. The Morgan fingerprint density at radius 2 is 2.07 bits per heavy atom. The smallest absolute Gasteiger partial charge is 0.261 e. The van der Waals surface area contributed by atoms with E-state index in [1.165, 1.54) is 10.9 Å². The van der Waals surface area contributed by atoms with E-state index >= 15 is 0 Å². The molecule has 0 saturated carbocycles. The second kappa shape index (κ2) is 8.45. The highest BCUT2D eigenvalue weighted by Gasteiger charge is 2.26. The highest BCUT2D eigenvalue weighted by Crippen LogP contribution is 2.23. The first kappa shape index (κ1) is 19.8. The van der Waals surface area contributed by atoms with E-state index < -0.39 is 6.10 Å². The lowest BCUT2D eigenvalue weighted by Crippen LogP contribution is -2.34. The number of carbonyl (C=O) groups is 1. The number of aliphatic hydroxyl groups is 1. The van der Waals surface area contributed by atoms with Crippen LogP contribution in [0.5, 0.6) is 0 Å². The first-order valence-corrected chi connectivity index (χ1v) is 10.0. The summed E-state index contributed by atoms with van der Waals surface area (Å²) in [4.78, 5) is 29.6. The summed E-state index contributed by atoms with van der Waals surface area (Å²) in [6.07, 6.45) is 2.35. The summed E-state index contributed by atoms with van der Waals surface area (Å²) in [5.74, 6) is -0.126. The molecule has 29 heavy (non-hydrogen) atoms. The molecule has 3 aromatic rings. The van der Waals surface area contributed by atoms with E-state index in [0.717, 1.165) is 11.1 Å². The quantitative estimate of drug-likeness (QED) is 0.650. The molecule has 2 atom stereocenters. The number of halogens is 1. The molecule has 0 amide bonds. The van der Waals surface area contributed by atoms with E-state index in [2.05, 4.69) is 10.3 Å². The van der Waals surface area contributed by atoms with Crippen LogP contribution in [-0.4, -0.2) is 39.1 Å². The van der Waals surface area contributed by atoms with Gasteiger partial charge in [-0.25, -0.2) is 4.98 Å². The average Bonchev–Trinajstić information content (AvgIpc) is 3.11. The van der Waals surface area contributed by atoms with Crippen molar-refractivity contribution < 1.29 is 9.90 Å². The number of aromatic nitrogens is 2. The Hall–Kier alpha value is -2.54. The molecule has 0 aliphatic carbocycles. The van der Waals surface area contributed by atoms with Crippen LogP contribution in [0.4, 0.5) is 0 Å². The van der Waals surface area contributed by atoms with Crippen molar-refractivity contribution in [3.63, 3.8) is 0 Å². The average molecular weight is 412 g/mol. The molecule has 0 spiro atoms. The molecule has 2 heterocycles. The third-order valence-electron chi connectivity index (χ3n) is 5.33. The largest absolute Gasteiger partial charge is 0.391 e. The van der Waals surface area contributed by atoms with Crippen LogP contribution in [0.3, 0.4) is 0 Å². The third-order valence-corrected chi connectivity index (χ3v) is 5.69. The van der Waals surface area contributed by atoms with Gasteiger partial charge in [0.15, 0.2) is 5.78 Å². The molecule has 0 bridgehead atoms. The minimum absolute atomic E-state index is 0.0734. The highest BCUT2D eigenvalue weighted by atomic mass is 35.5. The van der Waals surface area contributed by atoms with E-state index in [1.54, 1.807) is 6.07 Å². The zero-order valence-electron chi connectivity index (χ0n) is 15.8. The minimum atomic E-state index is -0.521. The molecule has 1 aromatic heterocycles. The Morgan fingerprint density at radius 3 is 2.79 bits per heavy atom. The zero-order valence-corrected chi connectivity index (χ0v) is 16.6. The van der Waals surface area contributed by atoms with Gasteiger partial charge < -0.3 is 10.4 Å². The molecular formula is C22H22ClN3O3. The van der Waals surface area contributed by atoms with Crippen LogP contribution >= 0.6 is 11.6 Å². The summed E-state index contributed by atoms with van der Waals surface area (Å²) in [7, 11) is 0. The van der Waals surface area contributed by atoms with Crippen molar-refractivity contribution in [2.75, 3.05) is 6.54 Å². The molecule has 2 N–H and O–H groups in total. The van der Waals surface area contributed by atoms with Crippen molar-refractivity contribution in [2.45, 2.75) is 38.0 Å². The number of ketones is 1. The van der Waals surface area contributed by atoms with Gasteiger partial charge in [0.05, 0.1) is 29.9 Å². The van der Waals surface area contributed by atoms with Gasteiger partial charge in [-0.3, -0.25) is 14.2 Å². The number of rotatable bonds is 6. The zero-order chi connectivity index (χ0) is 20.4. The summed E-state index contributed by atoms with van der Waals surface area (Å²) in [6, 6.07) is 13.2. The van der Waals surface area contributed by atoms with E-state index in [0.29, 0.717) is 35.3 Å². The molecule has 1 aliphatic rings. The number of hydrogen-bond acceptors (Lipinski definition) is 5. The maximum atomic E-state index is 12.8. The fourth-order valence-electron chi connectivity index (χ4n) is 3.75. The summed E-state index contributed by atoms with van der Waals surface area (Å²) < 4.78 is 1.30. The number of benzene rings is 2. The van der Waals surface area contributed by atoms with Gasteiger partial charge in [-0.2, -0.15) is 0 Å². The Bertz CT molecular complexity index is 1100. The molecular weight excluding hydrogens is 390 g/mol. The minimum Gasteiger partial charge on any atom is -0.391 e. The lowest BCUT2D eigenvalue weighted by molar-refractivity contribution is -0.120. The van der Waals surface area contributed by atoms with Crippen molar-refractivity contribution >= 4 is 28.3 Å². The topological polar surface area (TPSA) is 84.2 Å². The number of hydrogen-bond donors (Lipinski definition) is 2. The fourth-order valence-corrected chi connectivity index (χ4v) is 3.98. The molecule has 0 radical (unpaired) electrons. The summed E-state index contributed by atoms with van der Waals surface area (Å²) >= 11 is 6.43. The molecule has 4 rings (SSSR count). The van der Waals surface area contributed by atoms with Crippen molar-refractivity contribution in [1.82, 2.24) is 14.9 Å². The van der Waals surface area contributed by atoms with E-state index in [9.17, 15) is 14.7 Å². The Kier molecular flexibility index (Phi) is 5.76. The maximum Gasteiger partial charge on any atom is 0.261 e. The van der Waals surface area contributed by atoms with Gasteiger partial charge >= 0.3 is 0 Å². The predicted octanol–water partition coefficient (Wildman–Crippen LogP) is 2.32. The van der Waals surface area contributed by atoms with Crippen LogP contribution in [0.25, 0.3) is 10.9 Å². The first-order valence-electron chi connectivity index (χ1n) is 9.66. The number of fused-ring (bicyclic) bond motifs is 1. The number of nitrogens with one attached hydrogen (secondary N) is 1. The predicted molar refractivity (Wildman–Crippen MR) is 112 cm³/mol. The van der Waals surface area contributed by atoms with Gasteiger partial charge in [0.25, 0.3) is 5.56 Å². The first-order chi connectivity index (χ1) is 14.0. The van der Waals surface area contributed by atoms with Gasteiger partial charge in [-0.1, -0.05) is 41.9 Å². The van der Waals surface area contributed by atoms with Crippen molar-refractivity contribution in [1.29, 1.82) is 0 Å². The number of nitrogens with zero attached hydrogens (tertiary/aromatic N) is 2. The van der Waals surface area contributed by atoms with Gasteiger partial charge in [-0.15, -0.1) is 0 Å². The number of aliphatic hydroxyl groups excluding tert-OH is 1. The fraction of sp³-hybridized carbons (Fsp3) is 0.318. The van der Waals surface area contributed by atoms with Crippen molar-refractivity contribution in [3.8, 4) is 0 Å². The normalized spacial score (nSPS) is 19.0. The van der Waals surface area contributed by atoms with Gasteiger partial charge in [0, 0.05) is 17.5 Å². The van der Waals surface area contributed by atoms with Crippen molar-refractivity contribution in [3.05, 3.63) is 75.3 Å². The highest BCUT2D eigenvalue weighted by molar-refractivity contribution is 6.32. The van der Waals surface area contributed by atoms with Gasteiger partial charge in [-0.05, 0) is 42.6 Å². The molecule has 6 nitrogen and oxygen atoms in total. The van der Waals surface area contributed by atoms with Crippen molar-refractivity contribution in [2.24, 2.45) is 0 Å². The molecule has 7 heteroatoms. The Balaban J connectivity index is 1.56. The second-order valence-electron chi connectivity index (χ2n) is 7.46. The monoisotopic (exact) mass is 411 g/mol. The summed E-state index contributed by atoms with van der Waals surface area (Å²) in [6.45, 7) is 0.621. The lowest BCUT2D eigenvalue weighted by atomic mass is 10.0. The third kappa shape index (κ3) is 4.40. The molecule has 150 valence electrons. The van der Waals surface area contributed by atoms with Gasteiger partial charge in [0.1, 0.15) is 0 Å². The standard InChI is InChI=1S/C22H22ClN3O3/c23-18-11-17-19(9-15(18)8-14-4-2-1-3-5-14)25-13-26(22(17)29)12-16(27)10-20-21(28)6-7-24-20/h1-5,9,11,13,20-21,24,28H,6-8,10,12H2/t20-,21+/m0/s1. The Morgan fingerprint density at radius 1 is 1.28 bits per heavy atom. The van der Waals surface area contributed by atoms with Crippen LogP contribution in [-0.2, 0) is 17.8 Å². The van der Waals surface area contributed by atoms with Crippen LogP contribution in [0.2, 0.25) is 5.02 Å². The van der Waals surface area contributed by atoms with Crippen LogP contribution in [0.15, 0.2) is 53.6 Å². The van der Waals surface area contributed by atoms with Crippen LogP contribution < -0.4 is 10.9 Å². The summed E-state index contributed by atoms with van der Waals surface area (Å²) in [5, 5.41) is 13.9. The van der Waals surface area contributed by atoms with E-state index in [-0.39, 0.29) is 30.3 Å². The molecule has 1 saturated heterocycles. The molecule has 2 aromatic carbocycles. The number of carbonyl (C=O) groups excluding carboxylic acids is 1. The maximum absolute atomic E-state index is 12.8. The summed E-state index contributed by atoms with van der Waals surface area (Å²) in [5.41, 5.74) is 2.28. The van der Waals surface area contributed by atoms with Crippen LogP contribution in [0.1, 0.15) is 24.0 Å². The van der Waals surface area contributed by atoms with Gasteiger partial charge in [0.2, 0.25) is 0 Å². The van der Waals surface area contributed by atoms with E-state index in [4.69, 9.17) is 11.6 Å². The molecule has 0 unspecified atom stereocenters. The Labute approximate surface area is 173 Å². The van der Waals surface area contributed by atoms with E-state index in [1.807, 2.05) is 36.4 Å². The molecule has 1 fully saturated rings. The lowest BCUT2D eigenvalue weighted by Gasteiger charge is -2.14. The van der Waals surface area contributed by atoms with Crippen LogP contribution in [0, 0.1) is 0 Å². The molecule has 1 aliphatic heterocycles.